The molecular formula is C19H32O3. The average molecular weight is 308 g/mol. The number of hydrogen-bond acceptors (Lipinski definition) is 3. The van der Waals surface area contributed by atoms with Crippen molar-refractivity contribution >= 4 is 0 Å². The molecule has 0 heterocycles. The lowest BCUT2D eigenvalue weighted by molar-refractivity contribution is -0.176. The first-order valence-electron chi connectivity index (χ1n) is 9.40. The number of fused-ring (bicyclic) bond motifs is 5. The smallest absolute Gasteiger partial charge is 0.0596 e. The summed E-state index contributed by atoms with van der Waals surface area (Å²) in [5.74, 6) is 1.91. The molecule has 0 radical (unpaired) electrons. The molecule has 4 saturated carbocycles. The molecule has 4 aliphatic rings. The Balaban J connectivity index is 1.67. The summed E-state index contributed by atoms with van der Waals surface area (Å²) < 4.78 is 0. The van der Waals surface area contributed by atoms with Crippen LogP contribution in [-0.4, -0.2) is 33.6 Å². The van der Waals surface area contributed by atoms with Crippen LogP contribution in [0.1, 0.15) is 65.2 Å². The molecule has 0 aromatic heterocycles. The van der Waals surface area contributed by atoms with Crippen LogP contribution >= 0.6 is 0 Å². The Labute approximate surface area is 134 Å². The van der Waals surface area contributed by atoms with Gasteiger partial charge >= 0.3 is 0 Å². The lowest BCUT2D eigenvalue weighted by Gasteiger charge is -2.62. The van der Waals surface area contributed by atoms with E-state index in [-0.39, 0.29) is 29.1 Å². The van der Waals surface area contributed by atoms with E-state index in [1.54, 1.807) is 0 Å². The molecule has 4 aliphatic carbocycles. The van der Waals surface area contributed by atoms with E-state index in [4.69, 9.17) is 0 Å². The molecule has 4 rings (SSSR count). The van der Waals surface area contributed by atoms with Crippen molar-refractivity contribution in [3.8, 4) is 0 Å². The van der Waals surface area contributed by atoms with Crippen LogP contribution in [0.4, 0.5) is 0 Å². The zero-order valence-electron chi connectivity index (χ0n) is 14.0. The van der Waals surface area contributed by atoms with E-state index in [9.17, 15) is 15.3 Å². The molecular weight excluding hydrogens is 276 g/mol. The second kappa shape index (κ2) is 4.94. The van der Waals surface area contributed by atoms with Crippen LogP contribution in [0.5, 0.6) is 0 Å². The van der Waals surface area contributed by atoms with Crippen molar-refractivity contribution in [2.45, 2.75) is 83.5 Å². The van der Waals surface area contributed by atoms with E-state index in [0.29, 0.717) is 23.7 Å². The number of aliphatic hydroxyl groups is 3. The van der Waals surface area contributed by atoms with Crippen LogP contribution in [0.15, 0.2) is 0 Å². The second-order valence-corrected chi connectivity index (χ2v) is 9.36. The molecule has 3 nitrogen and oxygen atoms in total. The molecule has 0 aromatic rings. The Bertz CT molecular complexity index is 452. The maximum atomic E-state index is 10.9. The van der Waals surface area contributed by atoms with Crippen molar-refractivity contribution in [3.63, 3.8) is 0 Å². The maximum Gasteiger partial charge on any atom is 0.0596 e. The first kappa shape index (κ1) is 15.4. The summed E-state index contributed by atoms with van der Waals surface area (Å²) in [6.07, 6.45) is 7.45. The Hall–Kier alpha value is -0.120. The van der Waals surface area contributed by atoms with Crippen molar-refractivity contribution in [3.05, 3.63) is 0 Å². The topological polar surface area (TPSA) is 60.7 Å². The van der Waals surface area contributed by atoms with Gasteiger partial charge in [-0.05, 0) is 85.9 Å². The van der Waals surface area contributed by atoms with Gasteiger partial charge in [0.15, 0.2) is 0 Å². The monoisotopic (exact) mass is 308 g/mol. The van der Waals surface area contributed by atoms with Crippen LogP contribution < -0.4 is 0 Å². The van der Waals surface area contributed by atoms with Gasteiger partial charge in [0.1, 0.15) is 0 Å². The summed E-state index contributed by atoms with van der Waals surface area (Å²) >= 11 is 0. The molecule has 0 spiro atoms. The lowest BCUT2D eigenvalue weighted by atomic mass is 9.44. The fourth-order valence-corrected chi connectivity index (χ4v) is 7.17. The molecule has 22 heavy (non-hydrogen) atoms. The van der Waals surface area contributed by atoms with E-state index in [1.807, 2.05) is 0 Å². The highest BCUT2D eigenvalue weighted by Crippen LogP contribution is 2.66. The Morgan fingerprint density at radius 2 is 1.45 bits per heavy atom. The van der Waals surface area contributed by atoms with Crippen LogP contribution in [0.3, 0.4) is 0 Å². The van der Waals surface area contributed by atoms with E-state index in [1.165, 1.54) is 0 Å². The first-order chi connectivity index (χ1) is 10.4. The van der Waals surface area contributed by atoms with Gasteiger partial charge in [-0.3, -0.25) is 0 Å². The van der Waals surface area contributed by atoms with Crippen molar-refractivity contribution in [2.24, 2.45) is 34.5 Å². The van der Waals surface area contributed by atoms with E-state index in [0.717, 1.165) is 51.4 Å². The number of hydrogen-bond donors (Lipinski definition) is 3. The number of rotatable bonds is 0. The summed E-state index contributed by atoms with van der Waals surface area (Å²) in [6.45, 7) is 4.69. The highest BCUT2D eigenvalue weighted by molar-refractivity contribution is 5.11. The van der Waals surface area contributed by atoms with E-state index >= 15 is 0 Å². The first-order valence-corrected chi connectivity index (χ1v) is 9.40. The maximum absolute atomic E-state index is 10.9. The molecule has 0 aliphatic heterocycles. The van der Waals surface area contributed by atoms with Crippen molar-refractivity contribution < 1.29 is 15.3 Å². The zero-order chi connectivity index (χ0) is 15.7. The molecule has 0 aromatic carbocycles. The Morgan fingerprint density at radius 3 is 2.23 bits per heavy atom. The minimum atomic E-state index is -0.233. The van der Waals surface area contributed by atoms with Gasteiger partial charge in [-0.25, -0.2) is 0 Å². The molecule has 0 saturated heterocycles. The predicted octanol–water partition coefficient (Wildman–Crippen LogP) is 2.72. The van der Waals surface area contributed by atoms with Crippen LogP contribution in [-0.2, 0) is 0 Å². The van der Waals surface area contributed by atoms with Gasteiger partial charge < -0.3 is 15.3 Å². The molecule has 3 heteroatoms. The molecule has 0 amide bonds. The molecule has 4 fully saturated rings. The zero-order valence-corrected chi connectivity index (χ0v) is 14.0. The van der Waals surface area contributed by atoms with Gasteiger partial charge in [-0.15, -0.1) is 0 Å². The summed E-state index contributed by atoms with van der Waals surface area (Å²) in [5, 5.41) is 31.5. The summed E-state index contributed by atoms with van der Waals surface area (Å²) in [7, 11) is 0. The van der Waals surface area contributed by atoms with Gasteiger partial charge in [-0.1, -0.05) is 13.8 Å². The number of aliphatic hydroxyl groups excluding tert-OH is 3. The summed E-state index contributed by atoms with van der Waals surface area (Å²) in [6, 6.07) is 0. The summed E-state index contributed by atoms with van der Waals surface area (Å²) in [4.78, 5) is 0. The predicted molar refractivity (Wildman–Crippen MR) is 85.1 cm³/mol. The fourth-order valence-electron chi connectivity index (χ4n) is 7.17. The third-order valence-corrected chi connectivity index (χ3v) is 8.61. The normalized spacial score (nSPS) is 61.2. The molecule has 3 N–H and O–H groups in total. The SMILES string of the molecule is C[C@]12CC[C@H]3[C@@H]([C@@H](O)CC4C[C@@H](O)CC[C@@]43C)[C@@H]1CC[C@H]2O. The van der Waals surface area contributed by atoms with Gasteiger partial charge in [0.05, 0.1) is 18.3 Å². The van der Waals surface area contributed by atoms with Crippen molar-refractivity contribution in [1.29, 1.82) is 0 Å². The van der Waals surface area contributed by atoms with E-state index in [2.05, 4.69) is 13.8 Å². The summed E-state index contributed by atoms with van der Waals surface area (Å²) in [5.41, 5.74) is 0.317. The quantitative estimate of drug-likeness (QED) is 0.645. The largest absolute Gasteiger partial charge is 0.393 e. The lowest BCUT2D eigenvalue weighted by Crippen LogP contribution is -2.58. The molecule has 9 atom stereocenters. The standard InChI is InChI=1S/C19H32O3/c1-18-7-5-12(20)9-11(18)10-15(21)17-13-3-4-16(22)19(13,2)8-6-14(17)18/h11-17,20-22H,3-10H2,1-2H3/t11?,12-,13-,14-,15-,16+,17-,18-,19-/m0/s1. The highest BCUT2D eigenvalue weighted by Gasteiger charge is 2.62. The van der Waals surface area contributed by atoms with E-state index < -0.39 is 0 Å². The molecule has 1 unspecified atom stereocenters. The Kier molecular flexibility index (Phi) is 3.46. The minimum absolute atomic E-state index is 0.0273. The van der Waals surface area contributed by atoms with Crippen LogP contribution in [0.2, 0.25) is 0 Å². The van der Waals surface area contributed by atoms with Crippen molar-refractivity contribution in [2.75, 3.05) is 0 Å². The van der Waals surface area contributed by atoms with Gasteiger partial charge in [0.25, 0.3) is 0 Å². The molecule has 126 valence electrons. The van der Waals surface area contributed by atoms with Gasteiger partial charge in [-0.2, -0.15) is 0 Å². The molecule has 0 bridgehead atoms. The van der Waals surface area contributed by atoms with Crippen LogP contribution in [0, 0.1) is 34.5 Å². The highest BCUT2D eigenvalue weighted by atomic mass is 16.3. The second-order valence-electron chi connectivity index (χ2n) is 9.36. The average Bonchev–Trinajstić information content (AvgIpc) is 2.77. The van der Waals surface area contributed by atoms with Gasteiger partial charge in [0.2, 0.25) is 0 Å². The fraction of sp³-hybridized carbons (Fsp3) is 1.00. The van der Waals surface area contributed by atoms with Crippen molar-refractivity contribution in [1.82, 2.24) is 0 Å². The third kappa shape index (κ3) is 1.91. The van der Waals surface area contributed by atoms with Gasteiger partial charge in [0, 0.05) is 0 Å². The minimum Gasteiger partial charge on any atom is -0.393 e. The Morgan fingerprint density at radius 1 is 0.773 bits per heavy atom. The third-order valence-electron chi connectivity index (χ3n) is 8.61. The van der Waals surface area contributed by atoms with Crippen LogP contribution in [0.25, 0.3) is 0 Å².